The molecule has 1 heterocycles. The quantitative estimate of drug-likeness (QED) is 0.204. The number of unbranched alkanes of at least 4 members (excludes halogenated alkanes) is 6. The molecule has 2 heteroatoms. The monoisotopic (exact) mass is 317 g/mol. The van der Waals surface area contributed by atoms with E-state index in [2.05, 4.69) is 25.2 Å². The number of hydrogen-bond donors (Lipinski definition) is 0. The first-order valence-electron chi connectivity index (χ1n) is 9.61. The number of likely N-dealkylation sites (tertiary alicyclic amines) is 1. The van der Waals surface area contributed by atoms with Crippen molar-refractivity contribution in [2.24, 2.45) is 0 Å². The third-order valence-corrected chi connectivity index (χ3v) is 4.29. The Kier molecular flexibility index (Phi) is 12.3. The van der Waals surface area contributed by atoms with Crippen molar-refractivity contribution in [3.63, 3.8) is 0 Å². The van der Waals surface area contributed by atoms with Crippen LogP contribution in [0.5, 0.6) is 0 Å². The number of allylic oxidation sites excluding steroid dienone is 5. The molecule has 1 rings (SSSR count). The first-order valence-corrected chi connectivity index (χ1v) is 9.61. The summed E-state index contributed by atoms with van der Waals surface area (Å²) >= 11 is 0. The minimum absolute atomic E-state index is 0.169. The second kappa shape index (κ2) is 14.3. The summed E-state index contributed by atoms with van der Waals surface area (Å²) in [5, 5.41) is 0. The van der Waals surface area contributed by atoms with Crippen LogP contribution in [0.15, 0.2) is 36.5 Å². The largest absolute Gasteiger partial charge is 0.339 e. The Labute approximate surface area is 143 Å². The topological polar surface area (TPSA) is 20.3 Å². The van der Waals surface area contributed by atoms with Gasteiger partial charge in [0.15, 0.2) is 0 Å². The van der Waals surface area contributed by atoms with Gasteiger partial charge in [0.1, 0.15) is 0 Å². The van der Waals surface area contributed by atoms with Crippen LogP contribution in [0.3, 0.4) is 0 Å². The number of piperidine rings is 1. The molecule has 0 radical (unpaired) electrons. The van der Waals surface area contributed by atoms with Crippen LogP contribution in [0, 0.1) is 0 Å². The lowest BCUT2D eigenvalue weighted by Crippen LogP contribution is -2.34. The average Bonchev–Trinajstić information content (AvgIpc) is 2.59. The third-order valence-electron chi connectivity index (χ3n) is 4.29. The van der Waals surface area contributed by atoms with Crippen molar-refractivity contribution in [2.75, 3.05) is 13.1 Å². The van der Waals surface area contributed by atoms with Gasteiger partial charge in [-0.25, -0.2) is 0 Å². The fourth-order valence-corrected chi connectivity index (χ4v) is 2.80. The van der Waals surface area contributed by atoms with Gasteiger partial charge in [-0.05, 0) is 57.8 Å². The Balaban J connectivity index is 1.97. The molecule has 2 nitrogen and oxygen atoms in total. The molecule has 0 bridgehead atoms. The van der Waals surface area contributed by atoms with Gasteiger partial charge in [0, 0.05) is 19.2 Å². The van der Waals surface area contributed by atoms with Crippen molar-refractivity contribution in [2.45, 2.75) is 77.6 Å². The van der Waals surface area contributed by atoms with Crippen LogP contribution in [0.4, 0.5) is 0 Å². The lowest BCUT2D eigenvalue weighted by atomic mass is 10.1. The molecule has 1 aliphatic heterocycles. The van der Waals surface area contributed by atoms with Crippen molar-refractivity contribution in [1.29, 1.82) is 0 Å². The predicted octanol–water partition coefficient (Wildman–Crippen LogP) is 5.81. The Morgan fingerprint density at radius 3 is 2.09 bits per heavy atom. The van der Waals surface area contributed by atoms with Gasteiger partial charge in [0.05, 0.1) is 0 Å². The normalized spacial score (nSPS) is 16.1. The molecule has 0 spiro atoms. The van der Waals surface area contributed by atoms with Crippen LogP contribution >= 0.6 is 0 Å². The Morgan fingerprint density at radius 1 is 0.826 bits per heavy atom. The molecule has 130 valence electrons. The number of hydrogen-bond acceptors (Lipinski definition) is 1. The molecule has 1 saturated heterocycles. The number of amides is 1. The molecule has 0 N–H and O–H groups in total. The molecule has 1 aliphatic rings. The summed E-state index contributed by atoms with van der Waals surface area (Å²) < 4.78 is 0. The van der Waals surface area contributed by atoms with Crippen molar-refractivity contribution >= 4 is 5.91 Å². The number of carbonyl (C=O) groups is 1. The maximum atomic E-state index is 11.9. The molecular formula is C21H35NO. The summed E-state index contributed by atoms with van der Waals surface area (Å²) in [4.78, 5) is 13.9. The highest BCUT2D eigenvalue weighted by molar-refractivity contribution is 5.87. The van der Waals surface area contributed by atoms with Crippen molar-refractivity contribution in [1.82, 2.24) is 4.90 Å². The molecule has 23 heavy (non-hydrogen) atoms. The van der Waals surface area contributed by atoms with Gasteiger partial charge < -0.3 is 4.90 Å². The van der Waals surface area contributed by atoms with E-state index in [1.165, 1.54) is 51.4 Å². The Morgan fingerprint density at radius 2 is 1.43 bits per heavy atom. The van der Waals surface area contributed by atoms with Crippen LogP contribution in [-0.4, -0.2) is 23.9 Å². The first-order chi connectivity index (χ1) is 11.3. The van der Waals surface area contributed by atoms with E-state index in [0.717, 1.165) is 32.4 Å². The first kappa shape index (κ1) is 19.7. The summed E-state index contributed by atoms with van der Waals surface area (Å²) in [6.07, 6.45) is 26.0. The molecular weight excluding hydrogens is 282 g/mol. The standard InChI is InChI=1S/C21H35NO/c1-2-3-4-5-6-7-8-9-10-11-12-13-15-18-21(23)22-19-16-14-17-20-22/h6-7,12-13,15,18H,2-5,8-11,14,16-17,19-20H2,1H3/b7-6-,13-12+,18-15+. The lowest BCUT2D eigenvalue weighted by Gasteiger charge is -2.25. The zero-order valence-electron chi connectivity index (χ0n) is 15.0. The second-order valence-electron chi connectivity index (χ2n) is 6.42. The smallest absolute Gasteiger partial charge is 0.246 e. The van der Waals surface area contributed by atoms with Crippen molar-refractivity contribution < 1.29 is 4.79 Å². The van der Waals surface area contributed by atoms with Gasteiger partial charge >= 0.3 is 0 Å². The van der Waals surface area contributed by atoms with E-state index in [1.807, 2.05) is 17.1 Å². The second-order valence-corrected chi connectivity index (χ2v) is 6.42. The molecule has 0 atom stereocenters. The summed E-state index contributed by atoms with van der Waals surface area (Å²) in [5.41, 5.74) is 0. The van der Waals surface area contributed by atoms with E-state index in [0.29, 0.717) is 0 Å². The van der Waals surface area contributed by atoms with Crippen LogP contribution in [0.1, 0.15) is 77.6 Å². The highest BCUT2D eigenvalue weighted by Gasteiger charge is 2.12. The molecule has 0 unspecified atom stereocenters. The Bertz CT molecular complexity index is 375. The summed E-state index contributed by atoms with van der Waals surface area (Å²) in [6, 6.07) is 0. The summed E-state index contributed by atoms with van der Waals surface area (Å²) in [7, 11) is 0. The number of nitrogens with zero attached hydrogens (tertiary/aromatic N) is 1. The number of carbonyl (C=O) groups excluding carboxylic acids is 1. The fourth-order valence-electron chi connectivity index (χ4n) is 2.80. The average molecular weight is 318 g/mol. The SMILES string of the molecule is CCCCC/C=C\CCCC/C=C/C=C/C(=O)N1CCCCC1. The van der Waals surface area contributed by atoms with E-state index < -0.39 is 0 Å². The Hall–Kier alpha value is -1.31. The van der Waals surface area contributed by atoms with E-state index >= 15 is 0 Å². The molecule has 0 aromatic heterocycles. The van der Waals surface area contributed by atoms with Crippen LogP contribution in [-0.2, 0) is 4.79 Å². The lowest BCUT2D eigenvalue weighted by molar-refractivity contribution is -0.126. The van der Waals surface area contributed by atoms with Crippen molar-refractivity contribution in [3.8, 4) is 0 Å². The molecule has 0 aromatic carbocycles. The zero-order chi connectivity index (χ0) is 16.6. The predicted molar refractivity (Wildman–Crippen MR) is 100 cm³/mol. The minimum atomic E-state index is 0.169. The number of rotatable bonds is 11. The van der Waals surface area contributed by atoms with Gasteiger partial charge in [0.25, 0.3) is 0 Å². The molecule has 0 aromatic rings. The van der Waals surface area contributed by atoms with Gasteiger partial charge in [-0.1, -0.05) is 50.1 Å². The van der Waals surface area contributed by atoms with Crippen molar-refractivity contribution in [3.05, 3.63) is 36.5 Å². The van der Waals surface area contributed by atoms with Crippen LogP contribution in [0.25, 0.3) is 0 Å². The molecule has 1 amide bonds. The van der Waals surface area contributed by atoms with E-state index in [4.69, 9.17) is 0 Å². The maximum absolute atomic E-state index is 11.9. The van der Waals surface area contributed by atoms with Gasteiger partial charge in [-0.2, -0.15) is 0 Å². The molecule has 0 aliphatic carbocycles. The summed E-state index contributed by atoms with van der Waals surface area (Å²) in [5.74, 6) is 0.169. The van der Waals surface area contributed by atoms with E-state index in [1.54, 1.807) is 6.08 Å². The minimum Gasteiger partial charge on any atom is -0.339 e. The van der Waals surface area contributed by atoms with Gasteiger partial charge in [-0.15, -0.1) is 0 Å². The summed E-state index contributed by atoms with van der Waals surface area (Å²) in [6.45, 7) is 4.10. The zero-order valence-corrected chi connectivity index (χ0v) is 15.0. The highest BCUT2D eigenvalue weighted by atomic mass is 16.2. The fraction of sp³-hybridized carbons (Fsp3) is 0.667. The highest BCUT2D eigenvalue weighted by Crippen LogP contribution is 2.09. The maximum Gasteiger partial charge on any atom is 0.246 e. The van der Waals surface area contributed by atoms with Gasteiger partial charge in [0.2, 0.25) is 5.91 Å². The molecule has 1 fully saturated rings. The van der Waals surface area contributed by atoms with E-state index in [9.17, 15) is 4.79 Å². The molecule has 0 saturated carbocycles. The van der Waals surface area contributed by atoms with Crippen LogP contribution < -0.4 is 0 Å². The van der Waals surface area contributed by atoms with E-state index in [-0.39, 0.29) is 5.91 Å². The third kappa shape index (κ3) is 11.0. The van der Waals surface area contributed by atoms with Gasteiger partial charge in [-0.3, -0.25) is 4.79 Å². The van der Waals surface area contributed by atoms with Crippen LogP contribution in [0.2, 0.25) is 0 Å².